The Morgan fingerprint density at radius 1 is 0.966 bits per heavy atom. The number of halogens is 2. The summed E-state index contributed by atoms with van der Waals surface area (Å²) in [6, 6.07) is 18.9. The van der Waals surface area contributed by atoms with Crippen LogP contribution in [-0.4, -0.2) is 11.9 Å². The van der Waals surface area contributed by atoms with Gasteiger partial charge in [-0.05, 0) is 54.1 Å². The summed E-state index contributed by atoms with van der Waals surface area (Å²) in [6.07, 6.45) is 1.56. The van der Waals surface area contributed by atoms with Crippen molar-refractivity contribution in [2.75, 3.05) is 0 Å². The standard InChI is InChI=1S/C23H15F2NO3/c24-18-10-8-16(9-11-18)22-26-21(23(27)29-22)13-15-4-3-6-19(12-15)28-14-17-5-1-2-7-20(17)25/h1-13H,14H2. The van der Waals surface area contributed by atoms with Gasteiger partial charge < -0.3 is 9.47 Å². The molecular weight excluding hydrogens is 376 g/mol. The molecule has 144 valence electrons. The smallest absolute Gasteiger partial charge is 0.363 e. The predicted octanol–water partition coefficient (Wildman–Crippen LogP) is 4.89. The van der Waals surface area contributed by atoms with Gasteiger partial charge in [0.05, 0.1) is 0 Å². The molecular formula is C23H15F2NO3. The van der Waals surface area contributed by atoms with Gasteiger partial charge in [-0.15, -0.1) is 0 Å². The lowest BCUT2D eigenvalue weighted by molar-refractivity contribution is -0.129. The molecule has 4 nitrogen and oxygen atoms in total. The highest BCUT2D eigenvalue weighted by atomic mass is 19.1. The first-order valence-corrected chi connectivity index (χ1v) is 8.83. The largest absolute Gasteiger partial charge is 0.489 e. The summed E-state index contributed by atoms with van der Waals surface area (Å²) in [5.41, 5.74) is 1.75. The van der Waals surface area contributed by atoms with E-state index in [2.05, 4.69) is 4.99 Å². The number of ether oxygens (including phenoxy) is 2. The van der Waals surface area contributed by atoms with E-state index < -0.39 is 5.97 Å². The van der Waals surface area contributed by atoms with Crippen molar-refractivity contribution in [1.82, 2.24) is 0 Å². The van der Waals surface area contributed by atoms with Crippen molar-refractivity contribution in [2.24, 2.45) is 4.99 Å². The Balaban J connectivity index is 1.52. The van der Waals surface area contributed by atoms with Gasteiger partial charge in [-0.2, -0.15) is 0 Å². The third kappa shape index (κ3) is 4.38. The molecule has 1 aliphatic heterocycles. The Morgan fingerprint density at radius 3 is 2.55 bits per heavy atom. The Bertz CT molecular complexity index is 1120. The summed E-state index contributed by atoms with van der Waals surface area (Å²) in [4.78, 5) is 16.3. The van der Waals surface area contributed by atoms with Gasteiger partial charge >= 0.3 is 5.97 Å². The summed E-state index contributed by atoms with van der Waals surface area (Å²) in [5.74, 6) is -0.671. The number of cyclic esters (lactones) is 1. The van der Waals surface area contributed by atoms with Crippen molar-refractivity contribution in [3.8, 4) is 5.75 Å². The lowest BCUT2D eigenvalue weighted by Gasteiger charge is -2.07. The molecule has 3 aromatic rings. The Kier molecular flexibility index (Phi) is 5.16. The number of rotatable bonds is 5. The molecule has 0 saturated heterocycles. The van der Waals surface area contributed by atoms with Gasteiger partial charge in [0.25, 0.3) is 0 Å². The third-order valence-electron chi connectivity index (χ3n) is 4.23. The van der Waals surface area contributed by atoms with E-state index in [1.807, 2.05) is 0 Å². The quantitative estimate of drug-likeness (QED) is 0.460. The maximum Gasteiger partial charge on any atom is 0.363 e. The number of carbonyl (C=O) groups excluding carboxylic acids is 1. The van der Waals surface area contributed by atoms with Gasteiger partial charge in [0.15, 0.2) is 5.70 Å². The summed E-state index contributed by atoms with van der Waals surface area (Å²) in [5, 5.41) is 0. The lowest BCUT2D eigenvalue weighted by Crippen LogP contribution is -2.05. The molecule has 0 spiro atoms. The van der Waals surface area contributed by atoms with Gasteiger partial charge in [0.2, 0.25) is 5.90 Å². The van der Waals surface area contributed by atoms with E-state index in [0.717, 1.165) is 0 Å². The second-order valence-corrected chi connectivity index (χ2v) is 6.30. The van der Waals surface area contributed by atoms with E-state index in [1.54, 1.807) is 48.5 Å². The van der Waals surface area contributed by atoms with Crippen LogP contribution in [0.4, 0.5) is 8.78 Å². The van der Waals surface area contributed by atoms with Crippen molar-refractivity contribution in [1.29, 1.82) is 0 Å². The van der Waals surface area contributed by atoms with Crippen LogP contribution in [-0.2, 0) is 16.1 Å². The zero-order valence-electron chi connectivity index (χ0n) is 15.1. The molecule has 0 bridgehead atoms. The highest BCUT2D eigenvalue weighted by molar-refractivity contribution is 6.12. The van der Waals surface area contributed by atoms with Gasteiger partial charge in [0.1, 0.15) is 24.0 Å². The molecule has 4 rings (SSSR count). The van der Waals surface area contributed by atoms with Gasteiger partial charge in [-0.25, -0.2) is 18.6 Å². The molecule has 0 fully saturated rings. The Labute approximate surface area is 165 Å². The average Bonchev–Trinajstić information content (AvgIpc) is 3.08. The molecule has 3 aromatic carbocycles. The van der Waals surface area contributed by atoms with Crippen LogP contribution in [0.2, 0.25) is 0 Å². The highest BCUT2D eigenvalue weighted by Gasteiger charge is 2.24. The molecule has 0 unspecified atom stereocenters. The van der Waals surface area contributed by atoms with Gasteiger partial charge in [-0.1, -0.05) is 30.3 Å². The highest BCUT2D eigenvalue weighted by Crippen LogP contribution is 2.22. The number of hydrogen-bond acceptors (Lipinski definition) is 4. The Morgan fingerprint density at radius 2 is 1.76 bits per heavy atom. The maximum absolute atomic E-state index is 13.7. The fourth-order valence-corrected chi connectivity index (χ4v) is 2.75. The van der Waals surface area contributed by atoms with Crippen molar-refractivity contribution < 1.29 is 23.0 Å². The molecule has 0 amide bonds. The summed E-state index contributed by atoms with van der Waals surface area (Å²) >= 11 is 0. The molecule has 1 aliphatic rings. The number of carbonyl (C=O) groups is 1. The van der Waals surface area contributed by atoms with Crippen LogP contribution in [0.1, 0.15) is 16.7 Å². The van der Waals surface area contributed by atoms with Crippen molar-refractivity contribution in [2.45, 2.75) is 6.61 Å². The van der Waals surface area contributed by atoms with E-state index in [0.29, 0.717) is 22.4 Å². The van der Waals surface area contributed by atoms with Crippen molar-refractivity contribution >= 4 is 17.9 Å². The summed E-state index contributed by atoms with van der Waals surface area (Å²) in [7, 11) is 0. The van der Waals surface area contributed by atoms with Crippen LogP contribution in [0.3, 0.4) is 0 Å². The summed E-state index contributed by atoms with van der Waals surface area (Å²) < 4.78 is 37.6. The van der Waals surface area contributed by atoms with Crippen LogP contribution in [0.5, 0.6) is 5.75 Å². The number of aliphatic imine (C=N–C) groups is 1. The molecule has 0 radical (unpaired) electrons. The van der Waals surface area contributed by atoms with Crippen LogP contribution < -0.4 is 4.74 Å². The molecule has 6 heteroatoms. The van der Waals surface area contributed by atoms with E-state index in [-0.39, 0.29) is 29.8 Å². The van der Waals surface area contributed by atoms with Crippen LogP contribution >= 0.6 is 0 Å². The number of benzene rings is 3. The molecule has 29 heavy (non-hydrogen) atoms. The molecule has 0 aromatic heterocycles. The number of esters is 1. The first-order chi connectivity index (χ1) is 14.1. The minimum atomic E-state index is -0.595. The third-order valence-corrected chi connectivity index (χ3v) is 4.23. The normalized spacial score (nSPS) is 14.6. The summed E-state index contributed by atoms with van der Waals surface area (Å²) in [6.45, 7) is 0.0849. The van der Waals surface area contributed by atoms with Crippen molar-refractivity contribution in [3.05, 3.63) is 107 Å². The van der Waals surface area contributed by atoms with Crippen LogP contribution in [0, 0.1) is 11.6 Å². The second kappa shape index (κ2) is 8.06. The van der Waals surface area contributed by atoms with Crippen LogP contribution in [0.25, 0.3) is 6.08 Å². The van der Waals surface area contributed by atoms with Crippen LogP contribution in [0.15, 0.2) is 83.5 Å². The minimum absolute atomic E-state index is 0.0849. The first-order valence-electron chi connectivity index (χ1n) is 8.83. The number of nitrogens with zero attached hydrogens (tertiary/aromatic N) is 1. The Hall–Kier alpha value is -3.80. The second-order valence-electron chi connectivity index (χ2n) is 6.30. The zero-order chi connectivity index (χ0) is 20.2. The van der Waals surface area contributed by atoms with E-state index in [4.69, 9.17) is 9.47 Å². The molecule has 0 N–H and O–H groups in total. The zero-order valence-corrected chi connectivity index (χ0v) is 15.1. The molecule has 0 saturated carbocycles. The monoisotopic (exact) mass is 391 g/mol. The van der Waals surface area contributed by atoms with E-state index in [1.165, 1.54) is 30.3 Å². The molecule has 1 heterocycles. The topological polar surface area (TPSA) is 47.9 Å². The van der Waals surface area contributed by atoms with Gasteiger partial charge in [-0.3, -0.25) is 0 Å². The molecule has 0 aliphatic carbocycles. The van der Waals surface area contributed by atoms with E-state index >= 15 is 0 Å². The van der Waals surface area contributed by atoms with E-state index in [9.17, 15) is 13.6 Å². The first kappa shape index (κ1) is 18.6. The predicted molar refractivity (Wildman–Crippen MR) is 104 cm³/mol. The fourth-order valence-electron chi connectivity index (χ4n) is 2.75. The minimum Gasteiger partial charge on any atom is -0.489 e. The lowest BCUT2D eigenvalue weighted by atomic mass is 10.2. The SMILES string of the molecule is O=C1OC(c2ccc(F)cc2)=NC1=Cc1cccc(OCc2ccccc2F)c1. The van der Waals surface area contributed by atoms with Gasteiger partial charge in [0, 0.05) is 11.1 Å². The average molecular weight is 391 g/mol. The van der Waals surface area contributed by atoms with Crippen molar-refractivity contribution in [3.63, 3.8) is 0 Å². The molecule has 0 atom stereocenters. The fraction of sp³-hybridized carbons (Fsp3) is 0.0435. The maximum atomic E-state index is 13.7. The number of hydrogen-bond donors (Lipinski definition) is 0.